The third-order valence-corrected chi connectivity index (χ3v) is 4.91. The zero-order chi connectivity index (χ0) is 20.5. The molecule has 8 heteroatoms. The molecule has 0 atom stereocenters. The molecular formula is C21H19ClN4O3. The first kappa shape index (κ1) is 19.2. The van der Waals surface area contributed by atoms with Crippen LogP contribution in [0.2, 0.25) is 5.02 Å². The van der Waals surface area contributed by atoms with Crippen LogP contribution >= 0.6 is 11.6 Å². The zero-order valence-corrected chi connectivity index (χ0v) is 16.7. The minimum absolute atomic E-state index is 0.133. The highest BCUT2D eigenvalue weighted by Gasteiger charge is 2.20. The Morgan fingerprint density at radius 3 is 2.72 bits per heavy atom. The lowest BCUT2D eigenvalue weighted by Gasteiger charge is -2.16. The van der Waals surface area contributed by atoms with E-state index in [1.54, 1.807) is 12.1 Å². The van der Waals surface area contributed by atoms with E-state index >= 15 is 0 Å². The zero-order valence-electron chi connectivity index (χ0n) is 15.9. The molecule has 0 bridgehead atoms. The van der Waals surface area contributed by atoms with Gasteiger partial charge >= 0.3 is 0 Å². The van der Waals surface area contributed by atoms with Crippen LogP contribution in [0.5, 0.6) is 0 Å². The predicted molar refractivity (Wildman–Crippen MR) is 113 cm³/mol. The summed E-state index contributed by atoms with van der Waals surface area (Å²) in [7, 11) is 3.80. The number of aromatic nitrogens is 1. The molecule has 3 aromatic rings. The molecule has 1 aromatic heterocycles. The normalized spacial score (nSPS) is 13.4. The lowest BCUT2D eigenvalue weighted by molar-refractivity contribution is -0.115. The number of aliphatic imine (C=N–C) groups is 1. The monoisotopic (exact) mass is 410 g/mol. The van der Waals surface area contributed by atoms with Gasteiger partial charge in [0.2, 0.25) is 5.91 Å². The summed E-state index contributed by atoms with van der Waals surface area (Å²) >= 11 is 6.34. The molecule has 0 saturated heterocycles. The van der Waals surface area contributed by atoms with Crippen molar-refractivity contribution in [2.75, 3.05) is 24.3 Å². The molecule has 2 heterocycles. The summed E-state index contributed by atoms with van der Waals surface area (Å²) < 4.78 is 5.07. The van der Waals surface area contributed by atoms with Crippen molar-refractivity contribution >= 4 is 40.3 Å². The van der Waals surface area contributed by atoms with Gasteiger partial charge in [-0.25, -0.2) is 0 Å². The van der Waals surface area contributed by atoms with Gasteiger partial charge < -0.3 is 19.8 Å². The maximum absolute atomic E-state index is 12.5. The third-order valence-electron chi connectivity index (χ3n) is 4.61. The van der Waals surface area contributed by atoms with Crippen LogP contribution in [-0.4, -0.2) is 36.0 Å². The van der Waals surface area contributed by atoms with Gasteiger partial charge in [0.1, 0.15) is 12.3 Å². The molecular weight excluding hydrogens is 392 g/mol. The molecule has 1 aliphatic heterocycles. The summed E-state index contributed by atoms with van der Waals surface area (Å²) in [6, 6.07) is 12.8. The second-order valence-electron chi connectivity index (χ2n) is 6.92. The van der Waals surface area contributed by atoms with Gasteiger partial charge in [-0.05, 0) is 23.8 Å². The summed E-state index contributed by atoms with van der Waals surface area (Å²) in [5.41, 5.74) is 4.91. The van der Waals surface area contributed by atoms with Crippen molar-refractivity contribution in [1.29, 1.82) is 0 Å². The summed E-state index contributed by atoms with van der Waals surface area (Å²) in [5, 5.41) is 16.6. The lowest BCUT2D eigenvalue weighted by Crippen LogP contribution is -2.15. The van der Waals surface area contributed by atoms with Crippen LogP contribution in [0.3, 0.4) is 0 Å². The van der Waals surface area contributed by atoms with E-state index in [2.05, 4.69) is 10.5 Å². The SMILES string of the molecule is CN(C)c1cc2c(cc1Cl)NC(=O)CC(c1cccc(-c3cc(CO)on3)c1)=N2. The van der Waals surface area contributed by atoms with Crippen LogP contribution in [0.4, 0.5) is 17.1 Å². The summed E-state index contributed by atoms with van der Waals surface area (Å²) in [6.07, 6.45) is 0.133. The van der Waals surface area contributed by atoms with E-state index < -0.39 is 0 Å². The van der Waals surface area contributed by atoms with E-state index in [1.807, 2.05) is 49.3 Å². The average Bonchev–Trinajstić information content (AvgIpc) is 3.12. The van der Waals surface area contributed by atoms with Crippen molar-refractivity contribution in [2.24, 2.45) is 4.99 Å². The Kier molecular flexibility index (Phi) is 5.08. The number of hydrogen-bond acceptors (Lipinski definition) is 6. The number of fused-ring (bicyclic) bond motifs is 1. The first-order valence-corrected chi connectivity index (χ1v) is 9.38. The fourth-order valence-corrected chi connectivity index (χ4v) is 3.50. The molecule has 4 rings (SSSR count). The number of aliphatic hydroxyl groups excluding tert-OH is 1. The number of carbonyl (C=O) groups excluding carboxylic acids is 1. The molecule has 0 spiro atoms. The van der Waals surface area contributed by atoms with Gasteiger partial charge in [0.15, 0.2) is 5.76 Å². The Balaban J connectivity index is 1.78. The van der Waals surface area contributed by atoms with Gasteiger partial charge in [0.05, 0.1) is 34.2 Å². The fourth-order valence-electron chi connectivity index (χ4n) is 3.17. The number of anilines is 2. The molecule has 29 heavy (non-hydrogen) atoms. The van der Waals surface area contributed by atoms with Crippen LogP contribution < -0.4 is 10.2 Å². The third kappa shape index (κ3) is 3.87. The summed E-state index contributed by atoms with van der Waals surface area (Å²) in [6.45, 7) is -0.215. The molecule has 0 fully saturated rings. The second-order valence-corrected chi connectivity index (χ2v) is 7.32. The first-order chi connectivity index (χ1) is 13.9. The van der Waals surface area contributed by atoms with Crippen LogP contribution in [-0.2, 0) is 11.4 Å². The number of carbonyl (C=O) groups is 1. The van der Waals surface area contributed by atoms with Crippen molar-refractivity contribution in [1.82, 2.24) is 5.16 Å². The second kappa shape index (κ2) is 7.69. The minimum atomic E-state index is -0.215. The van der Waals surface area contributed by atoms with Gasteiger partial charge in [-0.1, -0.05) is 35.0 Å². The molecule has 0 aliphatic carbocycles. The number of hydrogen-bond donors (Lipinski definition) is 2. The van der Waals surface area contributed by atoms with Crippen LogP contribution in [0.15, 0.2) is 52.0 Å². The smallest absolute Gasteiger partial charge is 0.230 e. The quantitative estimate of drug-likeness (QED) is 0.678. The topological polar surface area (TPSA) is 91.0 Å². The number of nitrogens with zero attached hydrogens (tertiary/aromatic N) is 3. The van der Waals surface area contributed by atoms with Crippen molar-refractivity contribution in [2.45, 2.75) is 13.0 Å². The fraction of sp³-hybridized carbons (Fsp3) is 0.190. The number of nitrogens with one attached hydrogen (secondary N) is 1. The van der Waals surface area contributed by atoms with E-state index in [-0.39, 0.29) is 18.9 Å². The van der Waals surface area contributed by atoms with Gasteiger partial charge in [-0.15, -0.1) is 0 Å². The Morgan fingerprint density at radius 1 is 1.21 bits per heavy atom. The molecule has 7 nitrogen and oxygen atoms in total. The maximum atomic E-state index is 12.5. The minimum Gasteiger partial charge on any atom is -0.388 e. The van der Waals surface area contributed by atoms with Gasteiger partial charge in [0, 0.05) is 25.7 Å². The Hall–Kier alpha value is -3.16. The molecule has 0 radical (unpaired) electrons. The van der Waals surface area contributed by atoms with Gasteiger partial charge in [-0.2, -0.15) is 0 Å². The molecule has 1 aliphatic rings. The highest BCUT2D eigenvalue weighted by Crippen LogP contribution is 2.38. The molecule has 0 unspecified atom stereocenters. The average molecular weight is 411 g/mol. The lowest BCUT2D eigenvalue weighted by atomic mass is 10.0. The number of halogens is 1. The Labute approximate surface area is 172 Å². The summed E-state index contributed by atoms with van der Waals surface area (Å²) in [4.78, 5) is 19.1. The van der Waals surface area contributed by atoms with Crippen molar-refractivity contribution in [3.63, 3.8) is 0 Å². The molecule has 2 N–H and O–H groups in total. The number of amides is 1. The van der Waals surface area contributed by atoms with E-state index in [0.29, 0.717) is 33.6 Å². The van der Waals surface area contributed by atoms with E-state index in [9.17, 15) is 9.90 Å². The Morgan fingerprint density at radius 2 is 2.00 bits per heavy atom. The number of rotatable bonds is 4. The highest BCUT2D eigenvalue weighted by atomic mass is 35.5. The predicted octanol–water partition coefficient (Wildman–Crippen LogP) is 4.02. The van der Waals surface area contributed by atoms with Crippen molar-refractivity contribution in [3.8, 4) is 11.3 Å². The molecule has 0 saturated carbocycles. The van der Waals surface area contributed by atoms with E-state index in [0.717, 1.165) is 16.8 Å². The Bertz CT molecular complexity index is 1120. The van der Waals surface area contributed by atoms with Crippen LogP contribution in [0.25, 0.3) is 11.3 Å². The number of aliphatic hydroxyl groups is 1. The molecule has 148 valence electrons. The molecule has 1 amide bonds. The van der Waals surface area contributed by atoms with Gasteiger partial charge in [0.25, 0.3) is 0 Å². The summed E-state index contributed by atoms with van der Waals surface area (Å²) in [5.74, 6) is 0.226. The van der Waals surface area contributed by atoms with Crippen LogP contribution in [0.1, 0.15) is 17.7 Å². The largest absolute Gasteiger partial charge is 0.388 e. The van der Waals surface area contributed by atoms with E-state index in [1.165, 1.54) is 0 Å². The van der Waals surface area contributed by atoms with E-state index in [4.69, 9.17) is 21.1 Å². The van der Waals surface area contributed by atoms with Crippen molar-refractivity contribution < 1.29 is 14.4 Å². The van der Waals surface area contributed by atoms with Gasteiger partial charge in [-0.3, -0.25) is 9.79 Å². The number of benzene rings is 2. The highest BCUT2D eigenvalue weighted by molar-refractivity contribution is 6.34. The van der Waals surface area contributed by atoms with Crippen LogP contribution in [0, 0.1) is 0 Å². The first-order valence-electron chi connectivity index (χ1n) is 9.00. The van der Waals surface area contributed by atoms with Crippen molar-refractivity contribution in [3.05, 3.63) is 58.8 Å². The maximum Gasteiger partial charge on any atom is 0.230 e. The standard InChI is InChI=1S/C21H19ClN4O3/c1-26(2)20-9-19-18(8-15(20)22)24-21(28)10-16(23-19)12-4-3-5-13(6-12)17-7-14(11-27)29-25-17/h3-9,27H,10-11H2,1-2H3,(H,24,28). The molecule has 2 aromatic carbocycles.